The quantitative estimate of drug-likeness (QED) is 0.602. The molecular weight excluding hydrogens is 150 g/mol. The van der Waals surface area contributed by atoms with Crippen LogP contribution in [0.5, 0.6) is 0 Å². The van der Waals surface area contributed by atoms with Gasteiger partial charge in [-0.2, -0.15) is 0 Å². The van der Waals surface area contributed by atoms with Crippen LogP contribution >= 0.6 is 0 Å². The van der Waals surface area contributed by atoms with Gasteiger partial charge in [-0.15, -0.1) is 0 Å². The van der Waals surface area contributed by atoms with Crippen LogP contribution in [0.4, 0.5) is 0 Å². The normalized spacial score (nSPS) is 24.5. The highest BCUT2D eigenvalue weighted by molar-refractivity contribution is 5.96. The zero-order chi connectivity index (χ0) is 9.30. The Kier molecular flexibility index (Phi) is 2.36. The molecule has 66 valence electrons. The highest BCUT2D eigenvalue weighted by Crippen LogP contribution is 2.28. The lowest BCUT2D eigenvalue weighted by atomic mass is 9.83. The average Bonchev–Trinajstić information content (AvgIpc) is 1.99. The van der Waals surface area contributed by atoms with Crippen molar-refractivity contribution in [3.05, 3.63) is 23.4 Å². The summed E-state index contributed by atoms with van der Waals surface area (Å²) in [6.45, 7) is 7.59. The standard InChI is InChI=1S/C10H15NO/c1-6(2)8-4-9(11)7(3)10(12)5-8/h8H,1,4-5,11H2,2-3H3. The fourth-order valence-electron chi connectivity index (χ4n) is 1.40. The van der Waals surface area contributed by atoms with Crippen LogP contribution in [0.3, 0.4) is 0 Å². The number of rotatable bonds is 1. The molecule has 0 saturated heterocycles. The Morgan fingerprint density at radius 3 is 2.58 bits per heavy atom. The predicted molar refractivity (Wildman–Crippen MR) is 49.4 cm³/mol. The summed E-state index contributed by atoms with van der Waals surface area (Å²) in [6, 6.07) is 0. The van der Waals surface area contributed by atoms with Crippen LogP contribution in [0, 0.1) is 5.92 Å². The minimum absolute atomic E-state index is 0.173. The smallest absolute Gasteiger partial charge is 0.160 e. The molecule has 2 N–H and O–H groups in total. The monoisotopic (exact) mass is 165 g/mol. The van der Waals surface area contributed by atoms with E-state index in [9.17, 15) is 4.79 Å². The molecule has 12 heavy (non-hydrogen) atoms. The lowest BCUT2D eigenvalue weighted by Crippen LogP contribution is -2.22. The number of nitrogens with two attached hydrogens (primary N) is 1. The fourth-order valence-corrected chi connectivity index (χ4v) is 1.40. The van der Waals surface area contributed by atoms with E-state index in [4.69, 9.17) is 5.73 Å². The Labute approximate surface area is 73.1 Å². The zero-order valence-corrected chi connectivity index (χ0v) is 7.68. The highest BCUT2D eigenvalue weighted by atomic mass is 16.1. The van der Waals surface area contributed by atoms with Crippen LogP contribution in [0.15, 0.2) is 23.4 Å². The molecule has 1 aliphatic rings. The molecular formula is C10H15NO. The minimum atomic E-state index is 0.173. The van der Waals surface area contributed by atoms with E-state index in [1.165, 1.54) is 0 Å². The molecule has 0 heterocycles. The SMILES string of the molecule is C=C(C)C1CC(=O)C(C)=C(N)C1. The van der Waals surface area contributed by atoms with E-state index in [1.54, 1.807) is 6.92 Å². The van der Waals surface area contributed by atoms with Crippen molar-refractivity contribution in [3.63, 3.8) is 0 Å². The largest absolute Gasteiger partial charge is 0.402 e. The first kappa shape index (κ1) is 9.04. The van der Waals surface area contributed by atoms with E-state index in [1.807, 2.05) is 6.92 Å². The first-order valence-corrected chi connectivity index (χ1v) is 4.16. The molecule has 2 nitrogen and oxygen atoms in total. The summed E-state index contributed by atoms with van der Waals surface area (Å²) in [5.74, 6) is 0.438. The van der Waals surface area contributed by atoms with Gasteiger partial charge in [0.1, 0.15) is 0 Å². The van der Waals surface area contributed by atoms with E-state index in [2.05, 4.69) is 6.58 Å². The molecule has 0 amide bonds. The molecule has 0 aromatic carbocycles. The second-order valence-electron chi connectivity index (χ2n) is 3.52. The molecule has 0 bridgehead atoms. The van der Waals surface area contributed by atoms with Crippen LogP contribution in [0.2, 0.25) is 0 Å². The van der Waals surface area contributed by atoms with Crippen molar-refractivity contribution < 1.29 is 4.79 Å². The summed E-state index contributed by atoms with van der Waals surface area (Å²) >= 11 is 0. The van der Waals surface area contributed by atoms with E-state index < -0.39 is 0 Å². The van der Waals surface area contributed by atoms with Crippen LogP contribution in [0.1, 0.15) is 26.7 Å². The van der Waals surface area contributed by atoms with Crippen LogP contribution in [0.25, 0.3) is 0 Å². The van der Waals surface area contributed by atoms with Gasteiger partial charge in [-0.05, 0) is 26.2 Å². The predicted octanol–water partition coefficient (Wildman–Crippen LogP) is 1.77. The van der Waals surface area contributed by atoms with Crippen molar-refractivity contribution in [3.8, 4) is 0 Å². The van der Waals surface area contributed by atoms with E-state index in [0.717, 1.165) is 23.3 Å². The molecule has 2 heteroatoms. The van der Waals surface area contributed by atoms with Gasteiger partial charge in [-0.1, -0.05) is 12.2 Å². The Balaban J connectivity index is 2.85. The Morgan fingerprint density at radius 1 is 1.58 bits per heavy atom. The van der Waals surface area contributed by atoms with Gasteiger partial charge >= 0.3 is 0 Å². The fraction of sp³-hybridized carbons (Fsp3) is 0.500. The Hall–Kier alpha value is -1.05. The van der Waals surface area contributed by atoms with Gasteiger partial charge in [0.2, 0.25) is 0 Å². The number of ketones is 1. The summed E-state index contributed by atoms with van der Waals surface area (Å²) in [5.41, 5.74) is 8.25. The van der Waals surface area contributed by atoms with Crippen molar-refractivity contribution in [1.29, 1.82) is 0 Å². The first-order chi connectivity index (χ1) is 5.52. The van der Waals surface area contributed by atoms with Gasteiger partial charge in [0, 0.05) is 17.7 Å². The third kappa shape index (κ3) is 1.58. The number of allylic oxidation sites excluding steroid dienone is 3. The average molecular weight is 165 g/mol. The molecule has 0 saturated carbocycles. The number of carbonyl (C=O) groups excluding carboxylic acids is 1. The first-order valence-electron chi connectivity index (χ1n) is 4.16. The van der Waals surface area contributed by atoms with Gasteiger partial charge in [0.15, 0.2) is 5.78 Å². The summed E-state index contributed by atoms with van der Waals surface area (Å²) in [7, 11) is 0. The third-order valence-corrected chi connectivity index (χ3v) is 2.49. The van der Waals surface area contributed by atoms with Crippen molar-refractivity contribution in [2.75, 3.05) is 0 Å². The molecule has 1 aliphatic carbocycles. The van der Waals surface area contributed by atoms with E-state index in [0.29, 0.717) is 6.42 Å². The van der Waals surface area contributed by atoms with Crippen molar-refractivity contribution in [1.82, 2.24) is 0 Å². The number of carbonyl (C=O) groups is 1. The van der Waals surface area contributed by atoms with Crippen LogP contribution < -0.4 is 5.73 Å². The second-order valence-corrected chi connectivity index (χ2v) is 3.52. The summed E-state index contributed by atoms with van der Waals surface area (Å²) < 4.78 is 0. The van der Waals surface area contributed by atoms with Crippen molar-refractivity contribution >= 4 is 5.78 Å². The molecule has 0 aromatic heterocycles. The Bertz CT molecular complexity index is 263. The molecule has 0 radical (unpaired) electrons. The lowest BCUT2D eigenvalue weighted by molar-refractivity contribution is -0.116. The van der Waals surface area contributed by atoms with Crippen LogP contribution in [-0.2, 0) is 4.79 Å². The zero-order valence-electron chi connectivity index (χ0n) is 7.68. The van der Waals surface area contributed by atoms with Gasteiger partial charge in [0.05, 0.1) is 0 Å². The highest BCUT2D eigenvalue weighted by Gasteiger charge is 2.23. The summed E-state index contributed by atoms with van der Waals surface area (Å²) in [5, 5.41) is 0. The van der Waals surface area contributed by atoms with Crippen LogP contribution in [-0.4, -0.2) is 5.78 Å². The second kappa shape index (κ2) is 3.13. The molecule has 1 unspecified atom stereocenters. The van der Waals surface area contributed by atoms with Crippen molar-refractivity contribution in [2.45, 2.75) is 26.7 Å². The maximum Gasteiger partial charge on any atom is 0.160 e. The van der Waals surface area contributed by atoms with Gasteiger partial charge in [-0.25, -0.2) is 0 Å². The molecule has 0 aliphatic heterocycles. The molecule has 1 rings (SSSR count). The molecule has 0 aromatic rings. The van der Waals surface area contributed by atoms with Gasteiger partial charge in [-0.3, -0.25) is 4.79 Å². The minimum Gasteiger partial charge on any atom is -0.402 e. The van der Waals surface area contributed by atoms with Gasteiger partial charge in [0.25, 0.3) is 0 Å². The number of hydrogen-bond acceptors (Lipinski definition) is 2. The number of hydrogen-bond donors (Lipinski definition) is 1. The van der Waals surface area contributed by atoms with E-state index >= 15 is 0 Å². The van der Waals surface area contributed by atoms with Gasteiger partial charge < -0.3 is 5.73 Å². The molecule has 0 fully saturated rings. The molecule has 1 atom stereocenters. The number of Topliss-reactive ketones (excluding diaryl/α,β-unsaturated/α-hetero) is 1. The Morgan fingerprint density at radius 2 is 2.17 bits per heavy atom. The summed E-state index contributed by atoms with van der Waals surface area (Å²) in [4.78, 5) is 11.3. The maximum atomic E-state index is 11.3. The van der Waals surface area contributed by atoms with Crippen molar-refractivity contribution in [2.24, 2.45) is 11.7 Å². The topological polar surface area (TPSA) is 43.1 Å². The lowest BCUT2D eigenvalue weighted by Gasteiger charge is -2.22. The maximum absolute atomic E-state index is 11.3. The third-order valence-electron chi connectivity index (χ3n) is 2.49. The van der Waals surface area contributed by atoms with E-state index in [-0.39, 0.29) is 11.7 Å². The molecule has 0 spiro atoms. The summed E-state index contributed by atoms with van der Waals surface area (Å²) in [6.07, 6.45) is 1.38.